The number of nitrogens with zero attached hydrogens (tertiary/aromatic N) is 2. The standard InChI is InChI=1S/C10H14N2O2S/c1-3-7(2)15-6-9-11-4-8(5-12-9)10(13)14/h4-5,7H,3,6H2,1-2H3,(H,13,14). The lowest BCUT2D eigenvalue weighted by atomic mass is 10.3. The highest BCUT2D eigenvalue weighted by molar-refractivity contribution is 7.99. The van der Waals surface area contributed by atoms with Gasteiger partial charge in [0.1, 0.15) is 5.82 Å². The van der Waals surface area contributed by atoms with Crippen LogP contribution >= 0.6 is 11.8 Å². The van der Waals surface area contributed by atoms with Crippen LogP contribution in [0.4, 0.5) is 0 Å². The minimum absolute atomic E-state index is 0.132. The van der Waals surface area contributed by atoms with Gasteiger partial charge in [0.25, 0.3) is 0 Å². The normalized spacial score (nSPS) is 12.4. The van der Waals surface area contributed by atoms with Crippen molar-refractivity contribution in [2.75, 3.05) is 0 Å². The number of hydrogen-bond acceptors (Lipinski definition) is 4. The Morgan fingerprint density at radius 3 is 2.60 bits per heavy atom. The lowest BCUT2D eigenvalue weighted by Crippen LogP contribution is -2.02. The monoisotopic (exact) mass is 226 g/mol. The van der Waals surface area contributed by atoms with Crippen LogP contribution in [0.15, 0.2) is 12.4 Å². The van der Waals surface area contributed by atoms with Crippen molar-refractivity contribution in [3.05, 3.63) is 23.8 Å². The van der Waals surface area contributed by atoms with E-state index in [-0.39, 0.29) is 5.56 Å². The fourth-order valence-electron chi connectivity index (χ4n) is 0.874. The molecular formula is C10H14N2O2S. The van der Waals surface area contributed by atoms with E-state index in [9.17, 15) is 4.79 Å². The molecule has 1 rings (SSSR count). The van der Waals surface area contributed by atoms with Crippen molar-refractivity contribution in [2.24, 2.45) is 0 Å². The molecule has 1 atom stereocenters. The molecule has 15 heavy (non-hydrogen) atoms. The molecule has 82 valence electrons. The lowest BCUT2D eigenvalue weighted by molar-refractivity contribution is 0.0696. The smallest absolute Gasteiger partial charge is 0.338 e. The minimum Gasteiger partial charge on any atom is -0.478 e. The van der Waals surface area contributed by atoms with Crippen molar-refractivity contribution in [3.8, 4) is 0 Å². The number of aromatic carboxylic acids is 1. The fraction of sp³-hybridized carbons (Fsp3) is 0.500. The zero-order valence-corrected chi connectivity index (χ0v) is 9.62. The zero-order valence-electron chi connectivity index (χ0n) is 8.80. The van der Waals surface area contributed by atoms with Crippen molar-refractivity contribution < 1.29 is 9.90 Å². The molecule has 0 saturated carbocycles. The van der Waals surface area contributed by atoms with Crippen molar-refractivity contribution in [3.63, 3.8) is 0 Å². The number of carboxylic acid groups (broad SMARTS) is 1. The molecule has 1 aromatic rings. The van der Waals surface area contributed by atoms with Gasteiger partial charge in [0.2, 0.25) is 0 Å². The Morgan fingerprint density at radius 1 is 1.53 bits per heavy atom. The van der Waals surface area contributed by atoms with Crippen LogP contribution < -0.4 is 0 Å². The highest BCUT2D eigenvalue weighted by Crippen LogP contribution is 2.17. The van der Waals surface area contributed by atoms with E-state index in [4.69, 9.17) is 5.11 Å². The Kier molecular flexibility index (Phi) is 4.55. The number of rotatable bonds is 5. The van der Waals surface area contributed by atoms with Gasteiger partial charge in [0.05, 0.1) is 11.3 Å². The van der Waals surface area contributed by atoms with Gasteiger partial charge >= 0.3 is 5.97 Å². The molecule has 0 aliphatic heterocycles. The molecule has 1 unspecified atom stereocenters. The van der Waals surface area contributed by atoms with Crippen LogP contribution in [0.1, 0.15) is 36.5 Å². The van der Waals surface area contributed by atoms with E-state index >= 15 is 0 Å². The molecule has 0 bridgehead atoms. The summed E-state index contributed by atoms with van der Waals surface area (Å²) in [5, 5.41) is 9.22. The van der Waals surface area contributed by atoms with E-state index in [2.05, 4.69) is 23.8 Å². The molecule has 1 aromatic heterocycles. The summed E-state index contributed by atoms with van der Waals surface area (Å²) in [6.07, 6.45) is 3.81. The van der Waals surface area contributed by atoms with Crippen LogP contribution in [-0.2, 0) is 5.75 Å². The molecule has 5 heteroatoms. The molecule has 0 radical (unpaired) electrons. The van der Waals surface area contributed by atoms with Gasteiger partial charge in [-0.25, -0.2) is 14.8 Å². The molecule has 0 fully saturated rings. The van der Waals surface area contributed by atoms with Crippen LogP contribution in [-0.4, -0.2) is 26.3 Å². The Morgan fingerprint density at radius 2 is 2.13 bits per heavy atom. The fourth-order valence-corrected chi connectivity index (χ4v) is 1.69. The van der Waals surface area contributed by atoms with Crippen molar-refractivity contribution in [1.29, 1.82) is 0 Å². The number of carbonyl (C=O) groups is 1. The summed E-state index contributed by atoms with van der Waals surface area (Å²) in [4.78, 5) is 18.5. The molecule has 0 aromatic carbocycles. The van der Waals surface area contributed by atoms with Gasteiger partial charge < -0.3 is 5.11 Å². The maximum atomic E-state index is 10.5. The first-order valence-electron chi connectivity index (χ1n) is 4.79. The van der Waals surface area contributed by atoms with Crippen LogP contribution in [0.2, 0.25) is 0 Å². The predicted molar refractivity (Wildman–Crippen MR) is 60.0 cm³/mol. The largest absolute Gasteiger partial charge is 0.478 e. The minimum atomic E-state index is -0.990. The lowest BCUT2D eigenvalue weighted by Gasteiger charge is -2.06. The van der Waals surface area contributed by atoms with Crippen LogP contribution in [0, 0.1) is 0 Å². The summed E-state index contributed by atoms with van der Waals surface area (Å²) in [6.45, 7) is 4.28. The van der Waals surface area contributed by atoms with Crippen molar-refractivity contribution in [1.82, 2.24) is 9.97 Å². The first kappa shape index (κ1) is 12.0. The van der Waals surface area contributed by atoms with E-state index in [1.54, 1.807) is 11.8 Å². The van der Waals surface area contributed by atoms with Gasteiger partial charge in [0.15, 0.2) is 0 Å². The highest BCUT2D eigenvalue weighted by Gasteiger charge is 2.05. The quantitative estimate of drug-likeness (QED) is 0.834. The Bertz CT molecular complexity index is 327. The second-order valence-electron chi connectivity index (χ2n) is 3.22. The van der Waals surface area contributed by atoms with Crippen molar-refractivity contribution in [2.45, 2.75) is 31.3 Å². The van der Waals surface area contributed by atoms with Gasteiger partial charge in [-0.2, -0.15) is 11.8 Å². The molecule has 0 spiro atoms. The Balaban J connectivity index is 2.53. The Labute approximate surface area is 93.1 Å². The average Bonchev–Trinajstić information content (AvgIpc) is 2.26. The summed E-state index contributed by atoms with van der Waals surface area (Å²) in [5.41, 5.74) is 0.132. The number of aromatic nitrogens is 2. The average molecular weight is 226 g/mol. The molecule has 0 saturated heterocycles. The van der Waals surface area contributed by atoms with Crippen LogP contribution in [0.25, 0.3) is 0 Å². The highest BCUT2D eigenvalue weighted by atomic mass is 32.2. The molecule has 0 aliphatic rings. The third kappa shape index (κ3) is 3.87. The summed E-state index contributed by atoms with van der Waals surface area (Å²) in [6, 6.07) is 0. The summed E-state index contributed by atoms with van der Waals surface area (Å²) in [7, 11) is 0. The van der Waals surface area contributed by atoms with Gasteiger partial charge in [-0.15, -0.1) is 0 Å². The molecule has 1 N–H and O–H groups in total. The third-order valence-corrected chi connectivity index (χ3v) is 3.35. The predicted octanol–water partition coefficient (Wildman–Crippen LogP) is 2.21. The molecular weight excluding hydrogens is 212 g/mol. The van der Waals surface area contributed by atoms with Crippen LogP contribution in [0.5, 0.6) is 0 Å². The number of hydrogen-bond donors (Lipinski definition) is 1. The molecule has 1 heterocycles. The molecule has 0 amide bonds. The Hall–Kier alpha value is -1.10. The van der Waals surface area contributed by atoms with E-state index in [1.165, 1.54) is 12.4 Å². The summed E-state index contributed by atoms with van der Waals surface area (Å²) >= 11 is 1.77. The van der Waals surface area contributed by atoms with E-state index in [1.807, 2.05) is 0 Å². The maximum Gasteiger partial charge on any atom is 0.338 e. The SMILES string of the molecule is CCC(C)SCc1ncc(C(=O)O)cn1. The van der Waals surface area contributed by atoms with Gasteiger partial charge in [-0.05, 0) is 6.42 Å². The number of carboxylic acids is 1. The third-order valence-electron chi connectivity index (χ3n) is 2.02. The first-order valence-corrected chi connectivity index (χ1v) is 5.84. The van der Waals surface area contributed by atoms with Crippen LogP contribution in [0.3, 0.4) is 0 Å². The topological polar surface area (TPSA) is 63.1 Å². The van der Waals surface area contributed by atoms with Gasteiger partial charge in [-0.3, -0.25) is 0 Å². The number of thioether (sulfide) groups is 1. The molecule has 0 aliphatic carbocycles. The summed E-state index contributed by atoms with van der Waals surface area (Å²) < 4.78 is 0. The van der Waals surface area contributed by atoms with E-state index < -0.39 is 5.97 Å². The summed E-state index contributed by atoms with van der Waals surface area (Å²) in [5.74, 6) is 0.427. The van der Waals surface area contributed by atoms with E-state index in [0.29, 0.717) is 11.1 Å². The second kappa shape index (κ2) is 5.70. The molecule has 4 nitrogen and oxygen atoms in total. The van der Waals surface area contributed by atoms with E-state index in [0.717, 1.165) is 12.2 Å². The first-order chi connectivity index (χ1) is 7.13. The zero-order chi connectivity index (χ0) is 11.3. The second-order valence-corrected chi connectivity index (χ2v) is 4.65. The van der Waals surface area contributed by atoms with Gasteiger partial charge in [0, 0.05) is 17.6 Å². The maximum absolute atomic E-state index is 10.5. The van der Waals surface area contributed by atoms with Crippen molar-refractivity contribution >= 4 is 17.7 Å². The van der Waals surface area contributed by atoms with Gasteiger partial charge in [-0.1, -0.05) is 13.8 Å².